The summed E-state index contributed by atoms with van der Waals surface area (Å²) in [5, 5.41) is 24.3. The summed E-state index contributed by atoms with van der Waals surface area (Å²) in [7, 11) is 0. The first-order chi connectivity index (χ1) is 17.3. The third-order valence-corrected chi connectivity index (χ3v) is 7.17. The van der Waals surface area contributed by atoms with Gasteiger partial charge < -0.3 is 10.2 Å². The van der Waals surface area contributed by atoms with Crippen molar-refractivity contribution < 1.29 is 10.2 Å². The Morgan fingerprint density at radius 1 is 0.611 bits per heavy atom. The second-order valence-electron chi connectivity index (χ2n) is 11.1. The van der Waals surface area contributed by atoms with E-state index in [4.69, 9.17) is 0 Å². The number of hydrogen-bond donors (Lipinski definition) is 2. The SMILES string of the molecule is CCCCCCc1cc(Cc2cc(Cc3ccccc3)c(O)c3ccccc23)cc(C(C)(C)C)c1O. The van der Waals surface area contributed by atoms with Crippen LogP contribution in [-0.4, -0.2) is 10.2 Å². The van der Waals surface area contributed by atoms with Crippen LogP contribution in [0.25, 0.3) is 10.8 Å². The average molecular weight is 481 g/mol. The van der Waals surface area contributed by atoms with Crippen LogP contribution in [0.15, 0.2) is 72.8 Å². The zero-order valence-electron chi connectivity index (χ0n) is 22.3. The number of fused-ring (bicyclic) bond motifs is 1. The second kappa shape index (κ2) is 11.2. The Hall–Kier alpha value is -3.26. The minimum Gasteiger partial charge on any atom is -0.507 e. The van der Waals surface area contributed by atoms with Crippen molar-refractivity contribution in [2.45, 2.75) is 78.1 Å². The van der Waals surface area contributed by atoms with Gasteiger partial charge in [0.25, 0.3) is 0 Å². The highest BCUT2D eigenvalue weighted by Gasteiger charge is 2.22. The summed E-state index contributed by atoms with van der Waals surface area (Å²) >= 11 is 0. The van der Waals surface area contributed by atoms with Gasteiger partial charge in [-0.2, -0.15) is 0 Å². The van der Waals surface area contributed by atoms with Gasteiger partial charge in [0.05, 0.1) is 0 Å². The first-order valence-corrected chi connectivity index (χ1v) is 13.4. The van der Waals surface area contributed by atoms with Gasteiger partial charge in [-0.25, -0.2) is 0 Å². The number of phenolic OH excluding ortho intramolecular Hbond substituents is 2. The first-order valence-electron chi connectivity index (χ1n) is 13.4. The molecule has 0 saturated heterocycles. The Bertz CT molecular complexity index is 1310. The fourth-order valence-corrected chi connectivity index (χ4v) is 5.18. The largest absolute Gasteiger partial charge is 0.507 e. The number of aryl methyl sites for hydroxylation is 1. The smallest absolute Gasteiger partial charge is 0.126 e. The van der Waals surface area contributed by atoms with Gasteiger partial charge in [-0.15, -0.1) is 0 Å². The molecule has 2 N–H and O–H groups in total. The van der Waals surface area contributed by atoms with Crippen LogP contribution in [-0.2, 0) is 24.7 Å². The molecule has 0 unspecified atom stereocenters. The highest BCUT2D eigenvalue weighted by molar-refractivity contribution is 5.92. The van der Waals surface area contributed by atoms with E-state index in [1.807, 2.05) is 36.4 Å². The van der Waals surface area contributed by atoms with Gasteiger partial charge >= 0.3 is 0 Å². The molecule has 4 aromatic rings. The molecule has 0 atom stereocenters. The Morgan fingerprint density at radius 2 is 1.28 bits per heavy atom. The van der Waals surface area contributed by atoms with Crippen molar-refractivity contribution in [1.82, 2.24) is 0 Å². The lowest BCUT2D eigenvalue weighted by atomic mass is 9.82. The van der Waals surface area contributed by atoms with Crippen molar-refractivity contribution in [3.63, 3.8) is 0 Å². The third kappa shape index (κ3) is 5.93. The molecule has 0 radical (unpaired) electrons. The fraction of sp³-hybridized carbons (Fsp3) is 0.353. The number of hydrogen-bond acceptors (Lipinski definition) is 2. The molecule has 36 heavy (non-hydrogen) atoms. The van der Waals surface area contributed by atoms with E-state index in [-0.39, 0.29) is 5.41 Å². The van der Waals surface area contributed by atoms with E-state index in [1.54, 1.807) is 0 Å². The molecule has 0 spiro atoms. The number of rotatable bonds is 9. The number of aromatic hydroxyl groups is 2. The molecule has 4 aromatic carbocycles. The van der Waals surface area contributed by atoms with Crippen LogP contribution in [0.5, 0.6) is 11.5 Å². The minimum absolute atomic E-state index is 0.145. The average Bonchev–Trinajstić information content (AvgIpc) is 2.86. The summed E-state index contributed by atoms with van der Waals surface area (Å²) in [4.78, 5) is 0. The molecular formula is C34H40O2. The number of benzene rings is 4. The maximum Gasteiger partial charge on any atom is 0.126 e. The zero-order valence-corrected chi connectivity index (χ0v) is 22.3. The first kappa shape index (κ1) is 25.8. The lowest BCUT2D eigenvalue weighted by Gasteiger charge is -2.24. The Balaban J connectivity index is 1.76. The van der Waals surface area contributed by atoms with Crippen LogP contribution in [0.3, 0.4) is 0 Å². The topological polar surface area (TPSA) is 40.5 Å². The molecule has 188 valence electrons. The standard InChI is InChI=1S/C34H40O2/c1-5-6-7-11-16-26-20-25(22-31(33(26)36)34(2,3)4)21-27-23-28(19-24-14-9-8-10-15-24)32(35)30-18-13-12-17-29(27)30/h8-10,12-15,17-18,20,22-23,35-36H,5-7,11,16,19,21H2,1-4H3. The Labute approximate surface area is 216 Å². The molecule has 4 rings (SSSR count). The van der Waals surface area contributed by atoms with Gasteiger partial charge in [0.15, 0.2) is 0 Å². The molecular weight excluding hydrogens is 440 g/mol. The highest BCUT2D eigenvalue weighted by atomic mass is 16.3. The van der Waals surface area contributed by atoms with Crippen LogP contribution in [0.2, 0.25) is 0 Å². The van der Waals surface area contributed by atoms with Gasteiger partial charge in [-0.1, -0.05) is 120 Å². The summed E-state index contributed by atoms with van der Waals surface area (Å²) in [6.45, 7) is 8.73. The molecule has 0 saturated carbocycles. The van der Waals surface area contributed by atoms with Crippen molar-refractivity contribution in [1.29, 1.82) is 0 Å². The maximum absolute atomic E-state index is 11.2. The molecule has 0 aromatic heterocycles. The molecule has 2 heteroatoms. The molecule has 0 heterocycles. The molecule has 0 aliphatic rings. The Morgan fingerprint density at radius 3 is 1.97 bits per heavy atom. The predicted molar refractivity (Wildman–Crippen MR) is 152 cm³/mol. The summed E-state index contributed by atoms with van der Waals surface area (Å²) in [5.74, 6) is 0.832. The van der Waals surface area contributed by atoms with E-state index in [1.165, 1.54) is 36.0 Å². The van der Waals surface area contributed by atoms with E-state index in [2.05, 4.69) is 64.1 Å². The number of unbranched alkanes of at least 4 members (excludes halogenated alkanes) is 3. The van der Waals surface area contributed by atoms with Gasteiger partial charge in [0.1, 0.15) is 11.5 Å². The zero-order chi connectivity index (χ0) is 25.7. The van der Waals surface area contributed by atoms with Crippen molar-refractivity contribution in [2.75, 3.05) is 0 Å². The Kier molecular flexibility index (Phi) is 8.04. The van der Waals surface area contributed by atoms with Crippen LogP contribution >= 0.6 is 0 Å². The van der Waals surface area contributed by atoms with Crippen LogP contribution in [0.1, 0.15) is 86.8 Å². The summed E-state index contributed by atoms with van der Waals surface area (Å²) in [5.41, 5.74) is 6.47. The summed E-state index contributed by atoms with van der Waals surface area (Å²) in [6.07, 6.45) is 7.07. The minimum atomic E-state index is -0.145. The number of phenols is 2. The van der Waals surface area contributed by atoms with Crippen molar-refractivity contribution >= 4 is 10.8 Å². The second-order valence-corrected chi connectivity index (χ2v) is 11.1. The van der Waals surface area contributed by atoms with Crippen molar-refractivity contribution in [3.05, 3.63) is 106 Å². The normalized spacial score (nSPS) is 11.8. The van der Waals surface area contributed by atoms with E-state index < -0.39 is 0 Å². The van der Waals surface area contributed by atoms with Crippen LogP contribution in [0.4, 0.5) is 0 Å². The van der Waals surface area contributed by atoms with E-state index in [0.29, 0.717) is 17.9 Å². The summed E-state index contributed by atoms with van der Waals surface area (Å²) < 4.78 is 0. The fourth-order valence-electron chi connectivity index (χ4n) is 5.18. The van der Waals surface area contributed by atoms with E-state index >= 15 is 0 Å². The molecule has 0 aliphatic heterocycles. The molecule has 0 amide bonds. The monoisotopic (exact) mass is 480 g/mol. The van der Waals surface area contributed by atoms with E-state index in [0.717, 1.165) is 46.7 Å². The molecule has 2 nitrogen and oxygen atoms in total. The van der Waals surface area contributed by atoms with Gasteiger partial charge in [0.2, 0.25) is 0 Å². The van der Waals surface area contributed by atoms with Crippen molar-refractivity contribution in [2.24, 2.45) is 0 Å². The lowest BCUT2D eigenvalue weighted by molar-refractivity contribution is 0.438. The lowest BCUT2D eigenvalue weighted by Crippen LogP contribution is -2.13. The predicted octanol–water partition coefficient (Wildman–Crippen LogP) is 8.85. The maximum atomic E-state index is 11.2. The molecule has 0 bridgehead atoms. The van der Waals surface area contributed by atoms with Crippen LogP contribution in [0, 0.1) is 0 Å². The third-order valence-electron chi connectivity index (χ3n) is 7.17. The quantitative estimate of drug-likeness (QED) is 0.235. The van der Waals surface area contributed by atoms with Crippen LogP contribution < -0.4 is 0 Å². The molecule has 0 fully saturated rings. The van der Waals surface area contributed by atoms with Gasteiger partial charge in [0, 0.05) is 11.8 Å². The van der Waals surface area contributed by atoms with E-state index in [9.17, 15) is 10.2 Å². The summed E-state index contributed by atoms with van der Waals surface area (Å²) in [6, 6.07) is 25.0. The molecule has 0 aliphatic carbocycles. The van der Waals surface area contributed by atoms with Gasteiger partial charge in [-0.05, 0) is 63.4 Å². The van der Waals surface area contributed by atoms with Gasteiger partial charge in [-0.3, -0.25) is 0 Å². The highest BCUT2D eigenvalue weighted by Crippen LogP contribution is 2.38. The van der Waals surface area contributed by atoms with Crippen molar-refractivity contribution in [3.8, 4) is 11.5 Å².